The molecule has 1 rings (SSSR count). The van der Waals surface area contributed by atoms with E-state index in [1.165, 1.54) is 19.3 Å². The van der Waals surface area contributed by atoms with Gasteiger partial charge < -0.3 is 39.9 Å². The number of allylic oxidation sites excluding steroid dienone is 20. The Morgan fingerprint density at radius 2 is 0.824 bits per heavy atom. The first-order valence-corrected chi connectivity index (χ1v) is 26.9. The Labute approximate surface area is 409 Å². The molecule has 6 N–H and O–H groups in total. The summed E-state index contributed by atoms with van der Waals surface area (Å²) in [4.78, 5) is 23.2. The van der Waals surface area contributed by atoms with E-state index in [-0.39, 0.29) is 13.0 Å². The number of aliphatic hydroxyl groups excluding tert-OH is 5. The summed E-state index contributed by atoms with van der Waals surface area (Å²) >= 11 is 0. The number of carbonyl (C=O) groups excluding carboxylic acids is 1. The third-order valence-electron chi connectivity index (χ3n) is 10.8. The number of carbonyl (C=O) groups is 1. The van der Waals surface area contributed by atoms with Crippen molar-refractivity contribution in [1.82, 2.24) is 0 Å². The number of esters is 1. The Bertz CT molecular complexity index is 1580. The summed E-state index contributed by atoms with van der Waals surface area (Å²) in [7, 11) is -5.05. The Kier molecular flexibility index (Phi) is 40.4. The molecule has 6 unspecified atom stereocenters. The standard InChI is InChI=1S/C55H89O12P/c1-3-5-7-9-11-13-15-17-19-21-23-25-26-28-30-32-34-36-38-40-42-44-49(56)66-48(47-65-68(62,63)67-55-53(60)51(58)50(57)52(59)54(55)61)46-64-45-43-41-39-37-35-33-31-29-27-24-22-20-18-16-14-12-10-8-6-4-2/h5-8,11-14,17-20,23-25,27,31,33,37,39,48,50-55,57-61H,3-4,9-10,15-16,21-22,26,28-30,32,34-36,38,40-47H2,1-2H3,(H,62,63)/b7-5-,8-6-,13-11-,14-12-,19-17-,20-18-,25-23-,27-24-,33-31-,39-37-. The molecule has 0 spiro atoms. The maximum Gasteiger partial charge on any atom is 0.472 e. The Morgan fingerprint density at radius 1 is 0.471 bits per heavy atom. The van der Waals surface area contributed by atoms with Crippen LogP contribution in [0.15, 0.2) is 122 Å². The topological polar surface area (TPSA) is 192 Å². The van der Waals surface area contributed by atoms with E-state index in [1.54, 1.807) is 0 Å². The molecule has 12 nitrogen and oxygen atoms in total. The van der Waals surface area contributed by atoms with Crippen molar-refractivity contribution in [3.8, 4) is 0 Å². The summed E-state index contributed by atoms with van der Waals surface area (Å²) in [5.74, 6) is -0.511. The predicted octanol–water partition coefficient (Wildman–Crippen LogP) is 11.4. The second-order valence-corrected chi connectivity index (χ2v) is 18.3. The van der Waals surface area contributed by atoms with Gasteiger partial charge in [-0.3, -0.25) is 13.8 Å². The number of rotatable bonds is 41. The number of aliphatic hydroxyl groups is 5. The van der Waals surface area contributed by atoms with Gasteiger partial charge in [-0.2, -0.15) is 0 Å². The van der Waals surface area contributed by atoms with Crippen molar-refractivity contribution in [3.05, 3.63) is 122 Å². The van der Waals surface area contributed by atoms with E-state index in [0.29, 0.717) is 19.4 Å². The Morgan fingerprint density at radius 3 is 1.25 bits per heavy atom. The molecule has 0 bridgehead atoms. The van der Waals surface area contributed by atoms with Gasteiger partial charge in [0.05, 0.1) is 13.2 Å². The first kappa shape index (κ1) is 62.8. The van der Waals surface area contributed by atoms with Gasteiger partial charge in [0.1, 0.15) is 42.7 Å². The molecule has 0 aromatic rings. The molecule has 1 aliphatic carbocycles. The second kappa shape index (κ2) is 43.7. The van der Waals surface area contributed by atoms with E-state index in [0.717, 1.165) is 103 Å². The molecule has 1 aliphatic rings. The van der Waals surface area contributed by atoms with Crippen molar-refractivity contribution in [2.24, 2.45) is 0 Å². The number of hydrogen-bond acceptors (Lipinski definition) is 11. The van der Waals surface area contributed by atoms with E-state index >= 15 is 0 Å². The van der Waals surface area contributed by atoms with Crippen molar-refractivity contribution in [1.29, 1.82) is 0 Å². The molecule has 0 aliphatic heterocycles. The predicted molar refractivity (Wildman–Crippen MR) is 276 cm³/mol. The van der Waals surface area contributed by atoms with Gasteiger partial charge in [0.2, 0.25) is 0 Å². The molecule has 1 saturated carbocycles. The van der Waals surface area contributed by atoms with Crippen LogP contribution in [0.1, 0.15) is 155 Å². The lowest BCUT2D eigenvalue weighted by atomic mass is 9.85. The van der Waals surface area contributed by atoms with Crippen molar-refractivity contribution in [2.75, 3.05) is 19.8 Å². The minimum Gasteiger partial charge on any atom is -0.457 e. The lowest BCUT2D eigenvalue weighted by Crippen LogP contribution is -2.64. The normalized spacial score (nSPS) is 22.2. The Hall–Kier alpha value is -3.26. The SMILES string of the molecule is CC/C=C\C/C=C\C/C=C\C/C=C\C/C=C\C/C=C\CCCOCC(COP(=O)(O)OC1C(O)C(O)C(O)C(O)C1O)OC(=O)CCCCCCCCCC/C=C\C/C=C\C/C=C\C/C=C\CC. The number of ether oxygens (including phenoxy) is 2. The van der Waals surface area contributed by atoms with Gasteiger partial charge in [0, 0.05) is 13.0 Å². The average molecular weight is 973 g/mol. The highest BCUT2D eigenvalue weighted by Gasteiger charge is 2.51. The van der Waals surface area contributed by atoms with Gasteiger partial charge in [0.15, 0.2) is 0 Å². The molecule has 1 fully saturated rings. The van der Waals surface area contributed by atoms with Crippen LogP contribution in [0.4, 0.5) is 0 Å². The first-order valence-electron chi connectivity index (χ1n) is 25.4. The quantitative estimate of drug-likeness (QED) is 0.0147. The van der Waals surface area contributed by atoms with Crippen LogP contribution in [0.5, 0.6) is 0 Å². The second-order valence-electron chi connectivity index (χ2n) is 16.9. The zero-order valence-corrected chi connectivity index (χ0v) is 42.2. The third kappa shape index (κ3) is 34.9. The molecular weight excluding hydrogens is 884 g/mol. The fraction of sp³-hybridized carbons (Fsp3) is 0.618. The molecule has 0 heterocycles. The van der Waals surface area contributed by atoms with Gasteiger partial charge in [-0.1, -0.05) is 174 Å². The maximum atomic E-state index is 12.9. The Balaban J connectivity index is 2.42. The first-order chi connectivity index (χ1) is 33.0. The fourth-order valence-corrected chi connectivity index (χ4v) is 7.86. The molecule has 6 atom stereocenters. The van der Waals surface area contributed by atoms with Crippen molar-refractivity contribution >= 4 is 13.8 Å². The van der Waals surface area contributed by atoms with Crippen LogP contribution in [0.2, 0.25) is 0 Å². The van der Waals surface area contributed by atoms with Gasteiger partial charge in [0.25, 0.3) is 0 Å². The van der Waals surface area contributed by atoms with Gasteiger partial charge >= 0.3 is 13.8 Å². The zero-order valence-electron chi connectivity index (χ0n) is 41.3. The summed E-state index contributed by atoms with van der Waals surface area (Å²) in [6.07, 6.45) is 51.2. The highest BCUT2D eigenvalue weighted by atomic mass is 31.2. The van der Waals surface area contributed by atoms with E-state index < -0.39 is 63.1 Å². The zero-order chi connectivity index (χ0) is 49.8. The number of unbranched alkanes of at least 4 members (excludes halogenated alkanes) is 9. The molecule has 0 aromatic heterocycles. The molecule has 0 radical (unpaired) electrons. The largest absolute Gasteiger partial charge is 0.472 e. The minimum atomic E-state index is -5.05. The van der Waals surface area contributed by atoms with E-state index in [2.05, 4.69) is 135 Å². The van der Waals surface area contributed by atoms with E-state index in [1.807, 2.05) is 0 Å². The van der Waals surface area contributed by atoms with Crippen molar-refractivity contribution < 1.29 is 58.3 Å². The minimum absolute atomic E-state index is 0.129. The van der Waals surface area contributed by atoms with Crippen LogP contribution in [-0.2, 0) is 27.9 Å². The number of phosphoric ester groups is 1. The smallest absolute Gasteiger partial charge is 0.457 e. The summed E-state index contributed by atoms with van der Waals surface area (Å²) in [5.41, 5.74) is 0. The van der Waals surface area contributed by atoms with E-state index in [9.17, 15) is 39.8 Å². The summed E-state index contributed by atoms with van der Waals surface area (Å²) in [6, 6.07) is 0. The molecule has 0 aromatic carbocycles. The van der Waals surface area contributed by atoms with Crippen molar-refractivity contribution in [3.63, 3.8) is 0 Å². The van der Waals surface area contributed by atoms with Crippen LogP contribution in [0.3, 0.4) is 0 Å². The van der Waals surface area contributed by atoms with Gasteiger partial charge in [-0.25, -0.2) is 4.57 Å². The van der Waals surface area contributed by atoms with E-state index in [4.69, 9.17) is 18.5 Å². The van der Waals surface area contributed by atoms with Crippen LogP contribution < -0.4 is 0 Å². The van der Waals surface area contributed by atoms with Crippen LogP contribution in [-0.4, -0.2) is 98.9 Å². The van der Waals surface area contributed by atoms with Crippen LogP contribution >= 0.6 is 7.82 Å². The molecule has 0 amide bonds. The molecule has 386 valence electrons. The van der Waals surface area contributed by atoms with Crippen LogP contribution in [0, 0.1) is 0 Å². The van der Waals surface area contributed by atoms with Gasteiger partial charge in [-0.05, 0) is 96.3 Å². The van der Waals surface area contributed by atoms with Crippen molar-refractivity contribution in [2.45, 2.75) is 198 Å². The number of hydrogen-bond donors (Lipinski definition) is 6. The summed E-state index contributed by atoms with van der Waals surface area (Å²) in [5, 5.41) is 50.3. The lowest BCUT2D eigenvalue weighted by molar-refractivity contribution is -0.220. The van der Waals surface area contributed by atoms with Crippen LogP contribution in [0.25, 0.3) is 0 Å². The average Bonchev–Trinajstić information content (AvgIpc) is 3.32. The molecule has 68 heavy (non-hydrogen) atoms. The molecule has 13 heteroatoms. The molecule has 0 saturated heterocycles. The lowest BCUT2D eigenvalue weighted by Gasteiger charge is -2.41. The molecular formula is C55H89O12P. The maximum absolute atomic E-state index is 12.9. The number of phosphoric acid groups is 1. The monoisotopic (exact) mass is 973 g/mol. The fourth-order valence-electron chi connectivity index (χ4n) is 6.89. The third-order valence-corrected chi connectivity index (χ3v) is 11.8. The highest BCUT2D eigenvalue weighted by molar-refractivity contribution is 7.47. The van der Waals surface area contributed by atoms with Gasteiger partial charge in [-0.15, -0.1) is 0 Å². The summed E-state index contributed by atoms with van der Waals surface area (Å²) in [6.45, 7) is 3.87. The highest BCUT2D eigenvalue weighted by Crippen LogP contribution is 2.47. The summed E-state index contributed by atoms with van der Waals surface area (Å²) < 4.78 is 34.2.